The molecule has 6 heteroatoms. The van der Waals surface area contributed by atoms with E-state index in [4.69, 9.17) is 14.2 Å². The number of carbonyl (C=O) groups is 2. The molecule has 0 aromatic carbocycles. The zero-order chi connectivity index (χ0) is 24.7. The average molecular weight is 474 g/mol. The summed E-state index contributed by atoms with van der Waals surface area (Å²) in [6, 6.07) is 0.216. The Hall–Kier alpha value is -1.92. The fourth-order valence-corrected chi connectivity index (χ4v) is 4.80. The molecule has 0 aromatic heterocycles. The van der Waals surface area contributed by atoms with Gasteiger partial charge in [0, 0.05) is 24.5 Å². The third kappa shape index (κ3) is 7.81. The highest BCUT2D eigenvalue weighted by Gasteiger charge is 2.53. The van der Waals surface area contributed by atoms with Gasteiger partial charge in [0.25, 0.3) is 0 Å². The molecule has 0 unspecified atom stereocenters. The molecule has 1 saturated carbocycles. The van der Waals surface area contributed by atoms with Crippen molar-refractivity contribution in [1.82, 2.24) is 5.32 Å². The van der Waals surface area contributed by atoms with Gasteiger partial charge in [-0.05, 0) is 57.9 Å². The van der Waals surface area contributed by atoms with E-state index in [0.29, 0.717) is 11.8 Å². The van der Waals surface area contributed by atoms with Crippen molar-refractivity contribution < 1.29 is 23.8 Å². The van der Waals surface area contributed by atoms with Crippen molar-refractivity contribution in [3.05, 3.63) is 36.0 Å². The fraction of sp³-hybridized carbons (Fsp3) is 0.714. The standard InChI is InChI=1S/C28H43NO5/c1-19(2)27(31)34-21(4)8-15-26(30)29-24-12-10-23(11-13-24)9-6-20(3)7-14-25-22(5)28(18-33-28)16-17-32-25/h6-8,14-15,19,21-25H,9-13,16-18H2,1-5H3,(H,29,30)/b14-7+,15-8-,20-6+/t21-,22+,23-,24+,25+,28+/m0/s1. The zero-order valence-electron chi connectivity index (χ0n) is 21.5. The first-order valence-electron chi connectivity index (χ1n) is 13.0. The maximum atomic E-state index is 12.2. The molecule has 0 radical (unpaired) electrons. The molecule has 1 aliphatic carbocycles. The molecule has 1 spiro atoms. The van der Waals surface area contributed by atoms with E-state index in [2.05, 4.69) is 37.4 Å². The molecule has 2 saturated heterocycles. The third-order valence-corrected chi connectivity index (χ3v) is 7.48. The Labute approximate surface area is 205 Å². The summed E-state index contributed by atoms with van der Waals surface area (Å²) in [4.78, 5) is 23.8. The Morgan fingerprint density at radius 1 is 1.15 bits per heavy atom. The van der Waals surface area contributed by atoms with E-state index in [1.165, 1.54) is 11.6 Å². The van der Waals surface area contributed by atoms with E-state index in [-0.39, 0.29) is 35.5 Å². The van der Waals surface area contributed by atoms with Gasteiger partial charge in [0.1, 0.15) is 6.10 Å². The molecule has 6 nitrogen and oxygen atoms in total. The molecule has 1 N–H and O–H groups in total. The zero-order valence-corrected chi connectivity index (χ0v) is 21.5. The second kappa shape index (κ2) is 12.2. The van der Waals surface area contributed by atoms with Gasteiger partial charge in [0.15, 0.2) is 0 Å². The number of hydrogen-bond acceptors (Lipinski definition) is 5. The number of epoxide rings is 1. The van der Waals surface area contributed by atoms with Crippen molar-refractivity contribution in [2.75, 3.05) is 13.2 Å². The third-order valence-electron chi connectivity index (χ3n) is 7.48. The lowest BCUT2D eigenvalue weighted by Gasteiger charge is -2.32. The Kier molecular flexibility index (Phi) is 9.55. The van der Waals surface area contributed by atoms with Crippen LogP contribution in [0.25, 0.3) is 0 Å². The van der Waals surface area contributed by atoms with Crippen LogP contribution in [0.1, 0.15) is 73.1 Å². The monoisotopic (exact) mass is 473 g/mol. The van der Waals surface area contributed by atoms with Gasteiger partial charge in [-0.3, -0.25) is 9.59 Å². The first-order chi connectivity index (χ1) is 16.2. The van der Waals surface area contributed by atoms with Gasteiger partial charge in [-0.2, -0.15) is 0 Å². The van der Waals surface area contributed by atoms with Crippen LogP contribution >= 0.6 is 0 Å². The molecule has 3 rings (SSSR count). The summed E-state index contributed by atoms with van der Waals surface area (Å²) in [5.41, 5.74) is 1.35. The number of hydrogen-bond donors (Lipinski definition) is 1. The van der Waals surface area contributed by atoms with Gasteiger partial charge in [-0.15, -0.1) is 0 Å². The van der Waals surface area contributed by atoms with Crippen LogP contribution in [0, 0.1) is 17.8 Å². The minimum Gasteiger partial charge on any atom is -0.458 e. The van der Waals surface area contributed by atoms with E-state index in [9.17, 15) is 9.59 Å². The molecule has 0 aromatic rings. The number of amides is 1. The number of nitrogens with one attached hydrogen (secondary N) is 1. The summed E-state index contributed by atoms with van der Waals surface area (Å²) in [6.07, 6.45) is 15.9. The molecule has 3 aliphatic rings. The summed E-state index contributed by atoms with van der Waals surface area (Å²) < 4.78 is 16.9. The van der Waals surface area contributed by atoms with E-state index in [0.717, 1.165) is 51.7 Å². The Morgan fingerprint density at radius 2 is 1.85 bits per heavy atom. The fourth-order valence-electron chi connectivity index (χ4n) is 4.80. The molecule has 2 aliphatic heterocycles. The van der Waals surface area contributed by atoms with Gasteiger partial charge < -0.3 is 19.5 Å². The topological polar surface area (TPSA) is 77.2 Å². The average Bonchev–Trinajstić information content (AvgIpc) is 3.58. The Balaban J connectivity index is 1.34. The van der Waals surface area contributed by atoms with Gasteiger partial charge in [0.2, 0.25) is 5.91 Å². The Morgan fingerprint density at radius 3 is 2.50 bits per heavy atom. The van der Waals surface area contributed by atoms with Gasteiger partial charge in [-0.1, -0.05) is 44.6 Å². The summed E-state index contributed by atoms with van der Waals surface area (Å²) in [5.74, 6) is 0.525. The first-order valence-corrected chi connectivity index (χ1v) is 13.0. The highest BCUT2D eigenvalue weighted by atomic mass is 16.6. The number of ether oxygens (including phenoxy) is 3. The normalized spacial score (nSPS) is 32.9. The van der Waals surface area contributed by atoms with Crippen LogP contribution in [0.4, 0.5) is 0 Å². The van der Waals surface area contributed by atoms with Gasteiger partial charge >= 0.3 is 5.97 Å². The maximum absolute atomic E-state index is 12.2. The smallest absolute Gasteiger partial charge is 0.308 e. The van der Waals surface area contributed by atoms with Crippen molar-refractivity contribution in [2.45, 2.75) is 97.0 Å². The van der Waals surface area contributed by atoms with Crippen molar-refractivity contribution in [3.8, 4) is 0 Å². The van der Waals surface area contributed by atoms with Crippen LogP contribution in [-0.2, 0) is 23.8 Å². The van der Waals surface area contributed by atoms with E-state index < -0.39 is 6.10 Å². The number of esters is 1. The SMILES string of the molecule is CC(/C=C/[C@H]1OCC[C@@]2(CO2)[C@@H]1C)=C\C[C@H]1CC[C@@H](NC(=O)/C=C\[C@H](C)OC(=O)C(C)C)CC1. The summed E-state index contributed by atoms with van der Waals surface area (Å²) >= 11 is 0. The molecule has 2 heterocycles. The predicted molar refractivity (Wildman–Crippen MR) is 133 cm³/mol. The van der Waals surface area contributed by atoms with E-state index in [1.807, 2.05) is 0 Å². The Bertz CT molecular complexity index is 787. The van der Waals surface area contributed by atoms with Crippen LogP contribution in [-0.4, -0.2) is 48.9 Å². The van der Waals surface area contributed by atoms with Crippen LogP contribution in [0.15, 0.2) is 36.0 Å². The minimum atomic E-state index is -0.406. The molecule has 34 heavy (non-hydrogen) atoms. The lowest BCUT2D eigenvalue weighted by molar-refractivity contribution is -0.149. The number of carbonyl (C=O) groups excluding carboxylic acids is 2. The summed E-state index contributed by atoms with van der Waals surface area (Å²) in [5, 5.41) is 3.09. The van der Waals surface area contributed by atoms with Crippen LogP contribution in [0.5, 0.6) is 0 Å². The quantitative estimate of drug-likeness (QED) is 0.223. The number of allylic oxidation sites excluding steroid dienone is 3. The largest absolute Gasteiger partial charge is 0.458 e. The molecule has 4 atom stereocenters. The molecule has 0 bridgehead atoms. The minimum absolute atomic E-state index is 0.0769. The van der Waals surface area contributed by atoms with Crippen molar-refractivity contribution >= 4 is 11.9 Å². The highest BCUT2D eigenvalue weighted by Crippen LogP contribution is 2.44. The summed E-state index contributed by atoms with van der Waals surface area (Å²) in [7, 11) is 0. The van der Waals surface area contributed by atoms with E-state index >= 15 is 0 Å². The van der Waals surface area contributed by atoms with Crippen LogP contribution in [0.2, 0.25) is 0 Å². The van der Waals surface area contributed by atoms with Crippen LogP contribution in [0.3, 0.4) is 0 Å². The second-order valence-corrected chi connectivity index (χ2v) is 10.7. The van der Waals surface area contributed by atoms with Crippen molar-refractivity contribution in [2.24, 2.45) is 17.8 Å². The maximum Gasteiger partial charge on any atom is 0.308 e. The van der Waals surface area contributed by atoms with Crippen molar-refractivity contribution in [1.29, 1.82) is 0 Å². The van der Waals surface area contributed by atoms with Crippen molar-refractivity contribution in [3.63, 3.8) is 0 Å². The van der Waals surface area contributed by atoms with Gasteiger partial charge in [-0.25, -0.2) is 0 Å². The molecular weight excluding hydrogens is 430 g/mol. The number of rotatable bonds is 9. The van der Waals surface area contributed by atoms with Gasteiger partial charge in [0.05, 0.1) is 30.8 Å². The summed E-state index contributed by atoms with van der Waals surface area (Å²) in [6.45, 7) is 11.4. The molecular formula is C28H43NO5. The van der Waals surface area contributed by atoms with Crippen LogP contribution < -0.4 is 5.32 Å². The molecule has 1 amide bonds. The lowest BCUT2D eigenvalue weighted by atomic mass is 9.83. The first kappa shape index (κ1) is 26.7. The molecule has 190 valence electrons. The highest BCUT2D eigenvalue weighted by molar-refractivity contribution is 5.87. The lowest BCUT2D eigenvalue weighted by Crippen LogP contribution is -2.39. The second-order valence-electron chi connectivity index (χ2n) is 10.7. The predicted octanol–water partition coefficient (Wildman–Crippen LogP) is 4.89. The van der Waals surface area contributed by atoms with E-state index in [1.54, 1.807) is 26.8 Å². The molecule has 3 fully saturated rings.